The summed E-state index contributed by atoms with van der Waals surface area (Å²) in [5.41, 5.74) is 3.45. The smallest absolute Gasteiger partial charge is 0.118 e. The first kappa shape index (κ1) is 12.7. The lowest BCUT2D eigenvalue weighted by atomic mass is 10.1. The number of hydrogen-bond donors (Lipinski definition) is 0. The van der Waals surface area contributed by atoms with Crippen LogP contribution in [0.4, 0.5) is 0 Å². The maximum Gasteiger partial charge on any atom is 0.118 e. The summed E-state index contributed by atoms with van der Waals surface area (Å²) >= 11 is 0. The highest BCUT2D eigenvalue weighted by Gasteiger charge is 2.08. The number of benzene rings is 1. The molecule has 1 aromatic carbocycles. The van der Waals surface area contributed by atoms with Crippen LogP contribution in [0.25, 0.3) is 11.1 Å². The van der Waals surface area contributed by atoms with Crippen LogP contribution in [-0.2, 0) is 6.54 Å². The lowest BCUT2D eigenvalue weighted by molar-refractivity contribution is 0.415. The van der Waals surface area contributed by atoms with Gasteiger partial charge in [0, 0.05) is 18.3 Å². The highest BCUT2D eigenvalue weighted by Crippen LogP contribution is 2.25. The topological polar surface area (TPSA) is 27.1 Å². The van der Waals surface area contributed by atoms with E-state index in [1.165, 1.54) is 11.1 Å². The molecule has 96 valence electrons. The van der Waals surface area contributed by atoms with Crippen molar-refractivity contribution >= 4 is 0 Å². The Labute approximate surface area is 108 Å². The molecule has 0 amide bonds. The minimum absolute atomic E-state index is 0.605. The van der Waals surface area contributed by atoms with Crippen molar-refractivity contribution in [3.05, 3.63) is 36.2 Å². The Balaban J connectivity index is 2.29. The van der Waals surface area contributed by atoms with Crippen LogP contribution in [0.1, 0.15) is 19.5 Å². The van der Waals surface area contributed by atoms with Crippen molar-refractivity contribution in [3.63, 3.8) is 0 Å². The second kappa shape index (κ2) is 5.25. The summed E-state index contributed by atoms with van der Waals surface area (Å²) in [6.07, 6.45) is 2.12. The van der Waals surface area contributed by atoms with E-state index in [-0.39, 0.29) is 0 Å². The summed E-state index contributed by atoms with van der Waals surface area (Å²) in [5.74, 6) is 1.49. The van der Waals surface area contributed by atoms with Crippen LogP contribution in [0.15, 0.2) is 30.5 Å². The highest BCUT2D eigenvalue weighted by molar-refractivity contribution is 5.65. The van der Waals surface area contributed by atoms with Gasteiger partial charge in [-0.2, -0.15) is 5.10 Å². The molecule has 1 heterocycles. The van der Waals surface area contributed by atoms with Gasteiger partial charge in [0.25, 0.3) is 0 Å². The third-order valence-electron chi connectivity index (χ3n) is 2.90. The lowest BCUT2D eigenvalue weighted by Crippen LogP contribution is -2.04. The second-order valence-electron chi connectivity index (χ2n) is 4.97. The number of hydrogen-bond acceptors (Lipinski definition) is 2. The van der Waals surface area contributed by atoms with Gasteiger partial charge in [-0.05, 0) is 30.5 Å². The zero-order valence-electron chi connectivity index (χ0n) is 11.5. The number of rotatable bonds is 4. The van der Waals surface area contributed by atoms with Crippen LogP contribution < -0.4 is 4.74 Å². The van der Waals surface area contributed by atoms with E-state index in [1.807, 2.05) is 16.8 Å². The first-order valence-electron chi connectivity index (χ1n) is 6.28. The van der Waals surface area contributed by atoms with Gasteiger partial charge in [0.1, 0.15) is 5.75 Å². The van der Waals surface area contributed by atoms with Gasteiger partial charge in [-0.3, -0.25) is 4.68 Å². The molecule has 2 rings (SSSR count). The highest BCUT2D eigenvalue weighted by atomic mass is 16.5. The Morgan fingerprint density at radius 2 is 1.89 bits per heavy atom. The standard InChI is InChI=1S/C15H20N2O/c1-11(2)9-17-10-15(12(3)16-17)13-5-7-14(18-4)8-6-13/h5-8,10-11H,9H2,1-4H3. The molecule has 0 atom stereocenters. The van der Waals surface area contributed by atoms with E-state index in [4.69, 9.17) is 4.74 Å². The molecule has 0 fully saturated rings. The quantitative estimate of drug-likeness (QED) is 0.822. The minimum Gasteiger partial charge on any atom is -0.497 e. The average Bonchev–Trinajstić information content (AvgIpc) is 2.69. The largest absolute Gasteiger partial charge is 0.497 e. The van der Waals surface area contributed by atoms with Gasteiger partial charge in [-0.1, -0.05) is 26.0 Å². The Bertz CT molecular complexity index is 512. The first-order chi connectivity index (χ1) is 8.60. The lowest BCUT2D eigenvalue weighted by Gasteiger charge is -2.03. The SMILES string of the molecule is COc1ccc(-c2cn(CC(C)C)nc2C)cc1. The second-order valence-corrected chi connectivity index (χ2v) is 4.97. The van der Waals surface area contributed by atoms with Crippen molar-refractivity contribution in [2.24, 2.45) is 5.92 Å². The molecule has 0 saturated heterocycles. The first-order valence-corrected chi connectivity index (χ1v) is 6.28. The van der Waals surface area contributed by atoms with Crippen molar-refractivity contribution in [1.29, 1.82) is 0 Å². The molecular formula is C15H20N2O. The molecule has 3 heteroatoms. The molecule has 3 nitrogen and oxygen atoms in total. The van der Waals surface area contributed by atoms with Crippen LogP contribution in [0.3, 0.4) is 0 Å². The monoisotopic (exact) mass is 244 g/mol. The molecule has 0 bridgehead atoms. The zero-order valence-corrected chi connectivity index (χ0v) is 11.5. The fourth-order valence-electron chi connectivity index (χ4n) is 2.04. The van der Waals surface area contributed by atoms with Crippen molar-refractivity contribution in [2.45, 2.75) is 27.3 Å². The zero-order chi connectivity index (χ0) is 13.1. The number of ether oxygens (including phenoxy) is 1. The molecule has 0 aliphatic rings. The summed E-state index contributed by atoms with van der Waals surface area (Å²) in [6, 6.07) is 8.11. The molecule has 1 aromatic heterocycles. The Hall–Kier alpha value is -1.77. The number of aryl methyl sites for hydroxylation is 1. The van der Waals surface area contributed by atoms with E-state index in [0.29, 0.717) is 5.92 Å². The van der Waals surface area contributed by atoms with Gasteiger partial charge >= 0.3 is 0 Å². The Morgan fingerprint density at radius 3 is 2.44 bits per heavy atom. The van der Waals surface area contributed by atoms with Gasteiger partial charge in [0.15, 0.2) is 0 Å². The van der Waals surface area contributed by atoms with Crippen LogP contribution in [-0.4, -0.2) is 16.9 Å². The van der Waals surface area contributed by atoms with Gasteiger partial charge in [0.2, 0.25) is 0 Å². The molecule has 18 heavy (non-hydrogen) atoms. The fraction of sp³-hybridized carbons (Fsp3) is 0.400. The molecule has 0 aliphatic carbocycles. The van der Waals surface area contributed by atoms with E-state index in [0.717, 1.165) is 18.0 Å². The maximum absolute atomic E-state index is 5.17. The summed E-state index contributed by atoms with van der Waals surface area (Å²) < 4.78 is 7.20. The number of aromatic nitrogens is 2. The molecule has 0 spiro atoms. The molecule has 2 aromatic rings. The summed E-state index contributed by atoms with van der Waals surface area (Å²) in [5, 5.41) is 4.56. The van der Waals surface area contributed by atoms with Crippen LogP contribution in [0.5, 0.6) is 5.75 Å². The van der Waals surface area contributed by atoms with E-state index in [1.54, 1.807) is 7.11 Å². The van der Waals surface area contributed by atoms with E-state index >= 15 is 0 Å². The van der Waals surface area contributed by atoms with Crippen molar-refractivity contribution in [3.8, 4) is 16.9 Å². The average molecular weight is 244 g/mol. The normalized spacial score (nSPS) is 10.9. The van der Waals surface area contributed by atoms with E-state index < -0.39 is 0 Å². The summed E-state index contributed by atoms with van der Waals surface area (Å²) in [7, 11) is 1.68. The predicted octanol–water partition coefficient (Wildman–Crippen LogP) is 3.52. The molecule has 0 unspecified atom stereocenters. The summed E-state index contributed by atoms with van der Waals surface area (Å²) in [4.78, 5) is 0. The van der Waals surface area contributed by atoms with Gasteiger partial charge in [-0.15, -0.1) is 0 Å². The molecular weight excluding hydrogens is 224 g/mol. The summed E-state index contributed by atoms with van der Waals surface area (Å²) in [6.45, 7) is 7.40. The maximum atomic E-state index is 5.17. The Morgan fingerprint density at radius 1 is 1.22 bits per heavy atom. The van der Waals surface area contributed by atoms with Crippen LogP contribution in [0, 0.1) is 12.8 Å². The minimum atomic E-state index is 0.605. The van der Waals surface area contributed by atoms with Crippen molar-refractivity contribution in [2.75, 3.05) is 7.11 Å². The van der Waals surface area contributed by atoms with E-state index in [2.05, 4.69) is 44.2 Å². The van der Waals surface area contributed by atoms with Crippen molar-refractivity contribution in [1.82, 2.24) is 9.78 Å². The van der Waals surface area contributed by atoms with Gasteiger partial charge in [-0.25, -0.2) is 0 Å². The van der Waals surface area contributed by atoms with Crippen LogP contribution >= 0.6 is 0 Å². The third kappa shape index (κ3) is 2.73. The Kier molecular flexibility index (Phi) is 3.70. The third-order valence-corrected chi connectivity index (χ3v) is 2.90. The van der Waals surface area contributed by atoms with Crippen molar-refractivity contribution < 1.29 is 4.74 Å². The number of nitrogens with zero attached hydrogens (tertiary/aromatic N) is 2. The predicted molar refractivity (Wildman–Crippen MR) is 73.8 cm³/mol. The fourth-order valence-corrected chi connectivity index (χ4v) is 2.04. The number of methoxy groups -OCH3 is 1. The molecule has 0 saturated carbocycles. The van der Waals surface area contributed by atoms with Crippen LogP contribution in [0.2, 0.25) is 0 Å². The molecule has 0 radical (unpaired) electrons. The van der Waals surface area contributed by atoms with Gasteiger partial charge < -0.3 is 4.74 Å². The van der Waals surface area contributed by atoms with E-state index in [9.17, 15) is 0 Å². The molecule has 0 N–H and O–H groups in total. The molecule has 0 aliphatic heterocycles. The van der Waals surface area contributed by atoms with Gasteiger partial charge in [0.05, 0.1) is 12.8 Å².